The van der Waals surface area contributed by atoms with Crippen LogP contribution in [0.15, 0.2) is 24.3 Å². The lowest BCUT2D eigenvalue weighted by Crippen LogP contribution is -2.52. The number of rotatable bonds is 5. The number of hydrogen-bond acceptors (Lipinski definition) is 5. The summed E-state index contributed by atoms with van der Waals surface area (Å²) in [5.74, 6) is 0.668. The highest BCUT2D eigenvalue weighted by molar-refractivity contribution is 6.30. The first kappa shape index (κ1) is 19.9. The Morgan fingerprint density at radius 3 is 2.42 bits per heavy atom. The number of β-amino-alcohol motifs (C(OH)–C–C–N with tert-alkyl or cyclic N) is 2. The fraction of sp³-hybridized carbons (Fsp3) is 0.700. The van der Waals surface area contributed by atoms with Crippen LogP contribution in [0.25, 0.3) is 0 Å². The van der Waals surface area contributed by atoms with Crippen molar-refractivity contribution in [2.24, 2.45) is 0 Å². The number of nitrogens with zero attached hydrogens (tertiary/aromatic N) is 1. The Labute approximate surface area is 160 Å². The van der Waals surface area contributed by atoms with Gasteiger partial charge in [0.25, 0.3) is 0 Å². The lowest BCUT2D eigenvalue weighted by molar-refractivity contribution is -0.0733. The molecule has 1 aliphatic heterocycles. The second kappa shape index (κ2) is 8.89. The summed E-state index contributed by atoms with van der Waals surface area (Å²) in [4.78, 5) is 2.13. The molecule has 146 valence electrons. The van der Waals surface area contributed by atoms with Crippen LogP contribution in [0.2, 0.25) is 5.02 Å². The average molecular weight is 384 g/mol. The van der Waals surface area contributed by atoms with E-state index in [0.717, 1.165) is 25.7 Å². The number of ether oxygens (including phenoxy) is 2. The zero-order valence-corrected chi connectivity index (χ0v) is 16.1. The van der Waals surface area contributed by atoms with Gasteiger partial charge in [-0.2, -0.15) is 0 Å². The van der Waals surface area contributed by atoms with Gasteiger partial charge in [0.05, 0.1) is 18.8 Å². The molecule has 6 heteroatoms. The Morgan fingerprint density at radius 2 is 1.73 bits per heavy atom. The van der Waals surface area contributed by atoms with E-state index in [1.54, 1.807) is 24.3 Å². The maximum absolute atomic E-state index is 11.0. The van der Waals surface area contributed by atoms with Crippen molar-refractivity contribution in [3.05, 3.63) is 29.3 Å². The minimum atomic E-state index is -1.10. The maximum atomic E-state index is 11.0. The van der Waals surface area contributed by atoms with Crippen LogP contribution in [0.4, 0.5) is 0 Å². The second-order valence-electron chi connectivity index (χ2n) is 7.87. The van der Waals surface area contributed by atoms with Crippen LogP contribution < -0.4 is 4.74 Å². The van der Waals surface area contributed by atoms with Gasteiger partial charge in [0.1, 0.15) is 18.0 Å². The van der Waals surface area contributed by atoms with E-state index in [1.807, 2.05) is 0 Å². The van der Waals surface area contributed by atoms with Gasteiger partial charge in [-0.15, -0.1) is 0 Å². The molecule has 0 radical (unpaired) electrons. The molecule has 1 heterocycles. The van der Waals surface area contributed by atoms with E-state index < -0.39 is 11.2 Å². The van der Waals surface area contributed by atoms with Crippen LogP contribution in [0.3, 0.4) is 0 Å². The number of aliphatic hydroxyl groups is 2. The molecule has 0 unspecified atom stereocenters. The van der Waals surface area contributed by atoms with Crippen molar-refractivity contribution in [2.75, 3.05) is 39.5 Å². The Morgan fingerprint density at radius 1 is 1.04 bits per heavy atom. The monoisotopic (exact) mass is 383 g/mol. The van der Waals surface area contributed by atoms with Crippen LogP contribution in [0, 0.1) is 0 Å². The van der Waals surface area contributed by atoms with Gasteiger partial charge in [-0.1, -0.05) is 37.3 Å². The molecule has 1 atom stereocenters. The fourth-order valence-electron chi connectivity index (χ4n) is 3.93. The molecule has 0 aromatic heterocycles. The molecule has 1 aliphatic carbocycles. The maximum Gasteiger partial charge on any atom is 0.134 e. The minimum absolute atomic E-state index is 0.142. The van der Waals surface area contributed by atoms with Crippen molar-refractivity contribution in [1.82, 2.24) is 4.90 Å². The van der Waals surface area contributed by atoms with E-state index in [1.165, 1.54) is 12.8 Å². The van der Waals surface area contributed by atoms with Gasteiger partial charge in [-0.05, 0) is 37.1 Å². The summed E-state index contributed by atoms with van der Waals surface area (Å²) in [6, 6.07) is 7.10. The number of benzene rings is 1. The van der Waals surface area contributed by atoms with Crippen LogP contribution in [-0.4, -0.2) is 65.8 Å². The van der Waals surface area contributed by atoms with Gasteiger partial charge in [0, 0.05) is 24.7 Å². The van der Waals surface area contributed by atoms with Crippen molar-refractivity contribution in [3.63, 3.8) is 0 Å². The number of halogens is 1. The van der Waals surface area contributed by atoms with Crippen molar-refractivity contribution in [2.45, 2.75) is 49.7 Å². The highest BCUT2D eigenvalue weighted by Gasteiger charge is 2.37. The van der Waals surface area contributed by atoms with Gasteiger partial charge >= 0.3 is 0 Å². The third-order valence-corrected chi connectivity index (χ3v) is 5.57. The topological polar surface area (TPSA) is 62.2 Å². The number of hydrogen-bond donors (Lipinski definition) is 2. The molecule has 0 spiro atoms. The quantitative estimate of drug-likeness (QED) is 0.765. The Kier molecular flexibility index (Phi) is 6.81. The van der Waals surface area contributed by atoms with E-state index in [4.69, 9.17) is 21.1 Å². The lowest BCUT2D eigenvalue weighted by atomic mass is 9.93. The molecule has 3 rings (SSSR count). The summed E-state index contributed by atoms with van der Waals surface area (Å²) < 4.78 is 11.4. The molecular formula is C20H30ClNO4. The van der Waals surface area contributed by atoms with Crippen molar-refractivity contribution >= 4 is 11.6 Å². The van der Waals surface area contributed by atoms with Crippen LogP contribution in [0.1, 0.15) is 38.5 Å². The average Bonchev–Trinajstić information content (AvgIpc) is 2.93. The molecule has 1 saturated carbocycles. The largest absolute Gasteiger partial charge is 0.490 e. The molecule has 2 fully saturated rings. The molecular weight excluding hydrogens is 354 g/mol. The molecule has 2 aliphatic rings. The summed E-state index contributed by atoms with van der Waals surface area (Å²) in [5, 5.41) is 22.6. The molecule has 2 N–H and O–H groups in total. The Bertz CT molecular complexity index is 559. The van der Waals surface area contributed by atoms with E-state index in [0.29, 0.717) is 37.0 Å². The summed E-state index contributed by atoms with van der Waals surface area (Å²) >= 11 is 5.89. The van der Waals surface area contributed by atoms with Gasteiger partial charge in [-0.25, -0.2) is 0 Å². The normalized spacial score (nSPS) is 27.5. The van der Waals surface area contributed by atoms with Crippen molar-refractivity contribution in [3.8, 4) is 5.75 Å². The van der Waals surface area contributed by atoms with Crippen molar-refractivity contribution in [1.29, 1.82) is 0 Å². The first-order valence-corrected chi connectivity index (χ1v) is 9.98. The van der Waals surface area contributed by atoms with Crippen LogP contribution in [-0.2, 0) is 4.74 Å². The van der Waals surface area contributed by atoms with Crippen molar-refractivity contribution < 1.29 is 19.7 Å². The van der Waals surface area contributed by atoms with Gasteiger partial charge < -0.3 is 19.7 Å². The van der Waals surface area contributed by atoms with E-state index >= 15 is 0 Å². The zero-order chi connectivity index (χ0) is 18.5. The first-order valence-electron chi connectivity index (χ1n) is 9.60. The molecule has 1 aromatic rings. The summed E-state index contributed by atoms with van der Waals surface area (Å²) in [5.41, 5.74) is -1.75. The predicted octanol–water partition coefficient (Wildman–Crippen LogP) is 2.87. The molecule has 0 amide bonds. The summed E-state index contributed by atoms with van der Waals surface area (Å²) in [6.07, 6.45) is 6.22. The SMILES string of the molecule is OC1(CN2CCOC[C@@](O)(COc3ccc(Cl)cc3)C2)CCCCCC1. The molecule has 0 bridgehead atoms. The Balaban J connectivity index is 1.59. The lowest BCUT2D eigenvalue weighted by Gasteiger charge is -2.36. The van der Waals surface area contributed by atoms with Gasteiger partial charge in [-0.3, -0.25) is 4.90 Å². The fourth-order valence-corrected chi connectivity index (χ4v) is 4.05. The standard InChI is InChI=1S/C20H30ClNO4/c21-17-5-7-18(8-6-17)26-16-20(24)14-22(11-12-25-15-20)13-19(23)9-3-1-2-4-10-19/h5-8,23-24H,1-4,9-16H2/t20-/m1/s1. The van der Waals surface area contributed by atoms with E-state index in [9.17, 15) is 10.2 Å². The van der Waals surface area contributed by atoms with Crippen LogP contribution >= 0.6 is 11.6 Å². The summed E-state index contributed by atoms with van der Waals surface area (Å²) in [6.45, 7) is 2.66. The predicted molar refractivity (Wildman–Crippen MR) is 102 cm³/mol. The summed E-state index contributed by atoms with van der Waals surface area (Å²) in [7, 11) is 0. The van der Waals surface area contributed by atoms with Gasteiger partial charge in [0.15, 0.2) is 0 Å². The highest BCUT2D eigenvalue weighted by Crippen LogP contribution is 2.29. The third-order valence-electron chi connectivity index (χ3n) is 5.31. The van der Waals surface area contributed by atoms with E-state index in [2.05, 4.69) is 4.90 Å². The second-order valence-corrected chi connectivity index (χ2v) is 8.31. The van der Waals surface area contributed by atoms with Crippen LogP contribution in [0.5, 0.6) is 5.75 Å². The van der Waals surface area contributed by atoms with E-state index in [-0.39, 0.29) is 13.2 Å². The Hall–Kier alpha value is -0.850. The third kappa shape index (κ3) is 5.83. The highest BCUT2D eigenvalue weighted by atomic mass is 35.5. The molecule has 1 aromatic carbocycles. The smallest absolute Gasteiger partial charge is 0.134 e. The molecule has 1 saturated heterocycles. The van der Waals surface area contributed by atoms with Gasteiger partial charge in [0.2, 0.25) is 0 Å². The zero-order valence-electron chi connectivity index (χ0n) is 15.3. The molecule has 26 heavy (non-hydrogen) atoms. The first-order chi connectivity index (χ1) is 12.5. The minimum Gasteiger partial charge on any atom is -0.490 e. The molecule has 5 nitrogen and oxygen atoms in total.